The quantitative estimate of drug-likeness (QED) is 0.735. The highest BCUT2D eigenvalue weighted by Gasteiger charge is 2.28. The lowest BCUT2D eigenvalue weighted by Crippen LogP contribution is -2.49. The van der Waals surface area contributed by atoms with Gasteiger partial charge in [-0.3, -0.25) is 15.1 Å². The van der Waals surface area contributed by atoms with Gasteiger partial charge in [0.25, 0.3) is 0 Å². The number of aromatic nitrogens is 1. The lowest BCUT2D eigenvalue weighted by molar-refractivity contribution is -0.134. The summed E-state index contributed by atoms with van der Waals surface area (Å²) < 4.78 is 6.44. The van der Waals surface area contributed by atoms with Gasteiger partial charge in [-0.2, -0.15) is 0 Å². The molecule has 1 aliphatic rings. The summed E-state index contributed by atoms with van der Waals surface area (Å²) in [5, 5.41) is 2.67. The topological polar surface area (TPSA) is 97.5 Å². The molecule has 1 fully saturated rings. The van der Waals surface area contributed by atoms with Gasteiger partial charge in [-0.05, 0) is 36.2 Å². The second-order valence-corrected chi connectivity index (χ2v) is 7.64. The fraction of sp³-hybridized carbons (Fsp3) is 0.350. The van der Waals surface area contributed by atoms with Crippen LogP contribution in [0.2, 0.25) is 0 Å². The largest absolute Gasteiger partial charge is 0.446 e. The van der Waals surface area contributed by atoms with Crippen LogP contribution in [-0.4, -0.2) is 47.1 Å². The van der Waals surface area contributed by atoms with Crippen LogP contribution in [0.4, 0.5) is 10.5 Å². The lowest BCUT2D eigenvalue weighted by Gasteiger charge is -2.33. The SMILES string of the molecule is N[C@H](Cc1ccc(Br)cc1)C(=O)N1CCC(OC(=O)Nc2ccncc2)CC1. The number of hydrogen-bond acceptors (Lipinski definition) is 5. The van der Waals surface area contributed by atoms with Crippen molar-refractivity contribution in [3.8, 4) is 0 Å². The molecule has 1 aromatic carbocycles. The third-order valence-corrected chi connectivity index (χ3v) is 5.17. The number of anilines is 1. The van der Waals surface area contributed by atoms with Gasteiger partial charge in [-0.1, -0.05) is 28.1 Å². The zero-order valence-electron chi connectivity index (χ0n) is 15.4. The van der Waals surface area contributed by atoms with E-state index in [-0.39, 0.29) is 12.0 Å². The van der Waals surface area contributed by atoms with Gasteiger partial charge in [-0.15, -0.1) is 0 Å². The Labute approximate surface area is 172 Å². The van der Waals surface area contributed by atoms with Crippen molar-refractivity contribution in [2.24, 2.45) is 5.73 Å². The monoisotopic (exact) mass is 446 g/mol. The van der Waals surface area contributed by atoms with Crippen LogP contribution in [-0.2, 0) is 16.0 Å². The van der Waals surface area contributed by atoms with E-state index in [1.165, 1.54) is 0 Å². The maximum atomic E-state index is 12.6. The van der Waals surface area contributed by atoms with Crippen molar-refractivity contribution >= 4 is 33.6 Å². The van der Waals surface area contributed by atoms with Crippen LogP contribution in [0, 0.1) is 0 Å². The molecule has 0 bridgehead atoms. The van der Waals surface area contributed by atoms with E-state index in [4.69, 9.17) is 10.5 Å². The van der Waals surface area contributed by atoms with Crippen molar-refractivity contribution in [1.29, 1.82) is 0 Å². The molecule has 1 atom stereocenters. The normalized spacial score (nSPS) is 15.7. The number of hydrogen-bond donors (Lipinski definition) is 2. The maximum Gasteiger partial charge on any atom is 0.411 e. The molecule has 0 spiro atoms. The second-order valence-electron chi connectivity index (χ2n) is 6.73. The van der Waals surface area contributed by atoms with Crippen molar-refractivity contribution in [2.45, 2.75) is 31.4 Å². The summed E-state index contributed by atoms with van der Waals surface area (Å²) in [4.78, 5) is 30.2. The van der Waals surface area contributed by atoms with Gasteiger partial charge in [-0.25, -0.2) is 4.79 Å². The highest BCUT2D eigenvalue weighted by Crippen LogP contribution is 2.17. The summed E-state index contributed by atoms with van der Waals surface area (Å²) in [6.45, 7) is 1.06. The van der Waals surface area contributed by atoms with Crippen LogP contribution >= 0.6 is 15.9 Å². The summed E-state index contributed by atoms with van der Waals surface area (Å²) in [6.07, 6.45) is 4.17. The number of carbonyl (C=O) groups excluding carboxylic acids is 2. The first-order valence-electron chi connectivity index (χ1n) is 9.18. The van der Waals surface area contributed by atoms with Crippen LogP contribution in [0.5, 0.6) is 0 Å². The van der Waals surface area contributed by atoms with Gasteiger partial charge < -0.3 is 15.4 Å². The van der Waals surface area contributed by atoms with Crippen molar-refractivity contribution in [2.75, 3.05) is 18.4 Å². The Bertz CT molecular complexity index is 793. The average Bonchev–Trinajstić information content (AvgIpc) is 2.70. The Morgan fingerprint density at radius 3 is 2.46 bits per heavy atom. The Morgan fingerprint density at radius 1 is 1.18 bits per heavy atom. The van der Waals surface area contributed by atoms with Crippen molar-refractivity contribution in [3.63, 3.8) is 0 Å². The molecule has 1 aliphatic heterocycles. The third-order valence-electron chi connectivity index (χ3n) is 4.64. The van der Waals surface area contributed by atoms with E-state index < -0.39 is 12.1 Å². The number of carbonyl (C=O) groups is 2. The number of benzene rings is 1. The Balaban J connectivity index is 1.43. The number of nitrogens with one attached hydrogen (secondary N) is 1. The molecule has 148 valence electrons. The number of likely N-dealkylation sites (tertiary alicyclic amines) is 1. The molecule has 0 unspecified atom stereocenters. The van der Waals surface area contributed by atoms with Crippen LogP contribution in [0.1, 0.15) is 18.4 Å². The smallest absolute Gasteiger partial charge is 0.411 e. The molecular weight excluding hydrogens is 424 g/mol. The minimum Gasteiger partial charge on any atom is -0.446 e. The number of nitrogens with two attached hydrogens (primary N) is 1. The second kappa shape index (κ2) is 9.66. The first-order chi connectivity index (χ1) is 13.5. The molecule has 28 heavy (non-hydrogen) atoms. The molecule has 0 radical (unpaired) electrons. The van der Waals surface area contributed by atoms with Gasteiger partial charge in [0.2, 0.25) is 5.91 Å². The fourth-order valence-corrected chi connectivity index (χ4v) is 3.39. The van der Waals surface area contributed by atoms with Crippen LogP contribution in [0.15, 0.2) is 53.3 Å². The molecule has 2 amide bonds. The Morgan fingerprint density at radius 2 is 1.82 bits per heavy atom. The highest BCUT2D eigenvalue weighted by atomic mass is 79.9. The average molecular weight is 447 g/mol. The van der Waals surface area contributed by atoms with Gasteiger partial charge in [0.05, 0.1) is 6.04 Å². The van der Waals surface area contributed by atoms with E-state index in [1.54, 1.807) is 29.4 Å². The molecular formula is C20H23BrN4O3. The number of amides is 2. The standard InChI is InChI=1S/C20H23BrN4O3/c21-15-3-1-14(2-4-15)13-18(22)19(26)25-11-7-17(8-12-25)28-20(27)24-16-5-9-23-10-6-16/h1-6,9-10,17-18H,7-8,11-13,22H2,(H,23,24,27)/t18-/m1/s1. The van der Waals surface area contributed by atoms with Crippen LogP contribution in [0.25, 0.3) is 0 Å². The van der Waals surface area contributed by atoms with E-state index in [2.05, 4.69) is 26.2 Å². The summed E-state index contributed by atoms with van der Waals surface area (Å²) in [5.41, 5.74) is 7.77. The number of ether oxygens (including phenoxy) is 1. The summed E-state index contributed by atoms with van der Waals surface area (Å²) >= 11 is 3.39. The van der Waals surface area contributed by atoms with Gasteiger partial charge in [0.1, 0.15) is 6.10 Å². The molecule has 1 saturated heterocycles. The predicted octanol–water partition coefficient (Wildman–Crippen LogP) is 2.95. The molecule has 3 N–H and O–H groups in total. The number of nitrogens with zero attached hydrogens (tertiary/aromatic N) is 2. The van der Waals surface area contributed by atoms with Crippen LogP contribution in [0.3, 0.4) is 0 Å². The molecule has 1 aromatic heterocycles. The highest BCUT2D eigenvalue weighted by molar-refractivity contribution is 9.10. The third kappa shape index (κ3) is 5.77. The molecule has 8 heteroatoms. The van der Waals surface area contributed by atoms with E-state index >= 15 is 0 Å². The fourth-order valence-electron chi connectivity index (χ4n) is 3.12. The minimum atomic E-state index is -0.575. The Hall–Kier alpha value is -2.45. The van der Waals surface area contributed by atoms with E-state index in [0.717, 1.165) is 10.0 Å². The molecule has 2 heterocycles. The van der Waals surface area contributed by atoms with Crippen molar-refractivity contribution in [1.82, 2.24) is 9.88 Å². The zero-order valence-corrected chi connectivity index (χ0v) is 17.0. The van der Waals surface area contributed by atoms with E-state index in [9.17, 15) is 9.59 Å². The van der Waals surface area contributed by atoms with Gasteiger partial charge >= 0.3 is 6.09 Å². The minimum absolute atomic E-state index is 0.0670. The number of rotatable bonds is 5. The maximum absolute atomic E-state index is 12.6. The Kier molecular flexibility index (Phi) is 7.00. The van der Waals surface area contributed by atoms with Crippen molar-refractivity contribution < 1.29 is 14.3 Å². The van der Waals surface area contributed by atoms with Gasteiger partial charge in [0, 0.05) is 48.5 Å². The van der Waals surface area contributed by atoms with Crippen molar-refractivity contribution in [3.05, 3.63) is 58.8 Å². The van der Waals surface area contributed by atoms with Gasteiger partial charge in [0.15, 0.2) is 0 Å². The number of halogens is 1. The molecule has 7 nitrogen and oxygen atoms in total. The number of pyridine rings is 1. The lowest BCUT2D eigenvalue weighted by atomic mass is 10.0. The predicted molar refractivity (Wildman–Crippen MR) is 110 cm³/mol. The van der Waals surface area contributed by atoms with E-state index in [1.807, 2.05) is 24.3 Å². The number of piperidine rings is 1. The summed E-state index contributed by atoms with van der Waals surface area (Å²) in [5.74, 6) is -0.0670. The summed E-state index contributed by atoms with van der Waals surface area (Å²) in [7, 11) is 0. The first kappa shape index (κ1) is 20.3. The first-order valence-corrected chi connectivity index (χ1v) is 9.97. The molecule has 0 saturated carbocycles. The molecule has 3 rings (SSSR count). The zero-order chi connectivity index (χ0) is 19.9. The van der Waals surface area contributed by atoms with Crippen LogP contribution < -0.4 is 11.1 Å². The van der Waals surface area contributed by atoms with E-state index in [0.29, 0.717) is 38.0 Å². The molecule has 0 aliphatic carbocycles. The summed E-state index contributed by atoms with van der Waals surface area (Å²) in [6, 6.07) is 10.6. The molecule has 2 aromatic rings.